The zero-order valence-corrected chi connectivity index (χ0v) is 9.38. The molecule has 1 aliphatic rings. The zero-order chi connectivity index (χ0) is 10.7. The van der Waals surface area contributed by atoms with Crippen molar-refractivity contribution in [3.63, 3.8) is 0 Å². The molecule has 1 fully saturated rings. The number of ether oxygens (including phenoxy) is 1. The normalized spacial score (nSPS) is 16.1. The number of nitrogens with zero attached hydrogens (tertiary/aromatic N) is 2. The molecule has 3 N–H and O–H groups in total. The number of nitrogens with one attached hydrogen (secondary N) is 1. The van der Waals surface area contributed by atoms with Gasteiger partial charge in [0.25, 0.3) is 0 Å². The predicted octanol–water partition coefficient (Wildman–Crippen LogP) is 0.981. The summed E-state index contributed by atoms with van der Waals surface area (Å²) < 4.78 is 5.10. The van der Waals surface area contributed by atoms with Crippen molar-refractivity contribution >= 4 is 23.5 Å². The smallest absolute Gasteiger partial charge is 0.223 e. The summed E-state index contributed by atoms with van der Waals surface area (Å²) >= 11 is 1.69. The average molecular weight is 226 g/mol. The van der Waals surface area contributed by atoms with Gasteiger partial charge in [0.05, 0.1) is 18.5 Å². The SMILES string of the molecule is CCNc1cc(SC2COC2)nc(N)n1. The van der Waals surface area contributed by atoms with Gasteiger partial charge in [-0.2, -0.15) is 4.98 Å². The van der Waals surface area contributed by atoms with E-state index in [1.165, 1.54) is 0 Å². The van der Waals surface area contributed by atoms with E-state index in [1.807, 2.05) is 13.0 Å². The lowest BCUT2D eigenvalue weighted by Crippen LogP contribution is -2.30. The molecule has 15 heavy (non-hydrogen) atoms. The summed E-state index contributed by atoms with van der Waals surface area (Å²) in [5.74, 6) is 1.10. The second-order valence-electron chi connectivity index (χ2n) is 3.26. The Morgan fingerprint density at radius 3 is 3.00 bits per heavy atom. The van der Waals surface area contributed by atoms with Gasteiger partial charge in [-0.25, -0.2) is 4.98 Å². The first kappa shape index (κ1) is 10.5. The van der Waals surface area contributed by atoms with Crippen LogP contribution in [-0.4, -0.2) is 35.0 Å². The predicted molar refractivity (Wildman–Crippen MR) is 61.1 cm³/mol. The highest BCUT2D eigenvalue weighted by Crippen LogP contribution is 2.27. The molecule has 0 radical (unpaired) electrons. The van der Waals surface area contributed by atoms with E-state index in [0.717, 1.165) is 30.6 Å². The lowest BCUT2D eigenvalue weighted by molar-refractivity contribution is 0.0454. The molecule has 82 valence electrons. The summed E-state index contributed by atoms with van der Waals surface area (Å²) in [6.45, 7) is 4.44. The van der Waals surface area contributed by atoms with Crippen LogP contribution in [0, 0.1) is 0 Å². The molecule has 1 aliphatic heterocycles. The molecule has 0 aromatic carbocycles. The molecule has 0 saturated carbocycles. The van der Waals surface area contributed by atoms with Crippen LogP contribution in [0.3, 0.4) is 0 Å². The molecule has 0 bridgehead atoms. The number of aromatic nitrogens is 2. The Morgan fingerprint density at radius 2 is 2.40 bits per heavy atom. The maximum absolute atomic E-state index is 5.62. The molecule has 1 aromatic heterocycles. The van der Waals surface area contributed by atoms with E-state index >= 15 is 0 Å². The highest BCUT2D eigenvalue weighted by Gasteiger charge is 2.20. The van der Waals surface area contributed by atoms with E-state index in [0.29, 0.717) is 11.2 Å². The summed E-state index contributed by atoms with van der Waals surface area (Å²) in [5, 5.41) is 4.54. The Hall–Kier alpha value is -1.01. The number of nitrogens with two attached hydrogens (primary N) is 1. The number of rotatable bonds is 4. The number of anilines is 2. The summed E-state index contributed by atoms with van der Waals surface area (Å²) in [6.07, 6.45) is 0. The topological polar surface area (TPSA) is 73.1 Å². The minimum Gasteiger partial charge on any atom is -0.379 e. The number of hydrogen-bond acceptors (Lipinski definition) is 6. The van der Waals surface area contributed by atoms with Gasteiger partial charge in [0.2, 0.25) is 5.95 Å². The Bertz CT molecular complexity index is 343. The summed E-state index contributed by atoms with van der Waals surface area (Å²) in [4.78, 5) is 8.26. The minimum absolute atomic E-state index is 0.316. The van der Waals surface area contributed by atoms with E-state index in [1.54, 1.807) is 11.8 Å². The first-order valence-corrected chi connectivity index (χ1v) is 5.78. The third-order valence-corrected chi connectivity index (χ3v) is 3.03. The number of nitrogen functional groups attached to an aromatic ring is 1. The van der Waals surface area contributed by atoms with Crippen LogP contribution in [0.1, 0.15) is 6.92 Å². The Kier molecular flexibility index (Phi) is 3.27. The molecule has 1 aromatic rings. The van der Waals surface area contributed by atoms with Crippen LogP contribution in [0.4, 0.5) is 11.8 Å². The molecular weight excluding hydrogens is 212 g/mol. The van der Waals surface area contributed by atoms with Crippen LogP contribution < -0.4 is 11.1 Å². The van der Waals surface area contributed by atoms with Crippen LogP contribution in [-0.2, 0) is 4.74 Å². The molecule has 0 atom stereocenters. The van der Waals surface area contributed by atoms with Gasteiger partial charge in [0.15, 0.2) is 0 Å². The van der Waals surface area contributed by atoms with E-state index in [2.05, 4.69) is 15.3 Å². The Morgan fingerprint density at radius 1 is 1.60 bits per heavy atom. The molecular formula is C9H14N4OS. The highest BCUT2D eigenvalue weighted by atomic mass is 32.2. The van der Waals surface area contributed by atoms with E-state index in [-0.39, 0.29) is 0 Å². The van der Waals surface area contributed by atoms with Crippen LogP contribution in [0.25, 0.3) is 0 Å². The maximum atomic E-state index is 5.62. The molecule has 0 spiro atoms. The van der Waals surface area contributed by atoms with E-state index in [4.69, 9.17) is 10.5 Å². The van der Waals surface area contributed by atoms with Crippen molar-refractivity contribution in [2.75, 3.05) is 30.8 Å². The summed E-state index contributed by atoms with van der Waals surface area (Å²) in [6, 6.07) is 1.92. The summed E-state index contributed by atoms with van der Waals surface area (Å²) in [5.41, 5.74) is 5.62. The van der Waals surface area contributed by atoms with Gasteiger partial charge in [0, 0.05) is 12.6 Å². The average Bonchev–Trinajstić information content (AvgIpc) is 2.11. The van der Waals surface area contributed by atoms with Crippen molar-refractivity contribution < 1.29 is 4.74 Å². The van der Waals surface area contributed by atoms with Gasteiger partial charge in [-0.1, -0.05) is 11.8 Å². The molecule has 1 saturated heterocycles. The quantitative estimate of drug-likeness (QED) is 0.746. The maximum Gasteiger partial charge on any atom is 0.223 e. The van der Waals surface area contributed by atoms with Crippen LogP contribution >= 0.6 is 11.8 Å². The molecule has 2 rings (SSSR count). The van der Waals surface area contributed by atoms with E-state index < -0.39 is 0 Å². The monoisotopic (exact) mass is 226 g/mol. The molecule has 6 heteroatoms. The van der Waals surface area contributed by atoms with Crippen LogP contribution in [0.5, 0.6) is 0 Å². The fourth-order valence-electron chi connectivity index (χ4n) is 1.23. The second kappa shape index (κ2) is 4.67. The largest absolute Gasteiger partial charge is 0.379 e. The first-order chi connectivity index (χ1) is 7.28. The van der Waals surface area contributed by atoms with Gasteiger partial charge in [-0.3, -0.25) is 0 Å². The van der Waals surface area contributed by atoms with Gasteiger partial charge in [-0.05, 0) is 6.92 Å². The third kappa shape index (κ3) is 2.73. The Labute approximate surface area is 92.8 Å². The summed E-state index contributed by atoms with van der Waals surface area (Å²) in [7, 11) is 0. The third-order valence-electron chi connectivity index (χ3n) is 1.97. The van der Waals surface area contributed by atoms with Crippen LogP contribution in [0.15, 0.2) is 11.1 Å². The van der Waals surface area contributed by atoms with Crippen molar-refractivity contribution in [3.05, 3.63) is 6.07 Å². The lowest BCUT2D eigenvalue weighted by Gasteiger charge is -2.24. The van der Waals surface area contributed by atoms with Crippen molar-refractivity contribution in [1.82, 2.24) is 9.97 Å². The molecule has 0 unspecified atom stereocenters. The second-order valence-corrected chi connectivity index (χ2v) is 4.58. The molecule has 2 heterocycles. The van der Waals surface area contributed by atoms with Crippen molar-refractivity contribution in [2.45, 2.75) is 17.2 Å². The van der Waals surface area contributed by atoms with Gasteiger partial charge in [-0.15, -0.1) is 0 Å². The van der Waals surface area contributed by atoms with E-state index in [9.17, 15) is 0 Å². The standard InChI is InChI=1S/C9H14N4OS/c1-2-11-7-3-8(13-9(10)12-7)15-6-4-14-5-6/h3,6H,2,4-5H2,1H3,(H3,10,11,12,13). The minimum atomic E-state index is 0.316. The first-order valence-electron chi connectivity index (χ1n) is 4.90. The number of hydrogen-bond donors (Lipinski definition) is 2. The lowest BCUT2D eigenvalue weighted by atomic mass is 10.4. The highest BCUT2D eigenvalue weighted by molar-refractivity contribution is 8.00. The molecule has 0 aliphatic carbocycles. The van der Waals surface area contributed by atoms with Gasteiger partial charge >= 0.3 is 0 Å². The van der Waals surface area contributed by atoms with Crippen molar-refractivity contribution in [2.24, 2.45) is 0 Å². The van der Waals surface area contributed by atoms with Crippen molar-refractivity contribution in [3.8, 4) is 0 Å². The fraction of sp³-hybridized carbons (Fsp3) is 0.556. The van der Waals surface area contributed by atoms with Gasteiger partial charge < -0.3 is 15.8 Å². The fourth-order valence-corrected chi connectivity index (χ4v) is 2.22. The molecule has 0 amide bonds. The van der Waals surface area contributed by atoms with Crippen LogP contribution in [0.2, 0.25) is 0 Å². The Balaban J connectivity index is 2.07. The number of thioether (sulfide) groups is 1. The van der Waals surface area contributed by atoms with Crippen molar-refractivity contribution in [1.29, 1.82) is 0 Å². The zero-order valence-electron chi connectivity index (χ0n) is 8.56. The van der Waals surface area contributed by atoms with Gasteiger partial charge in [0.1, 0.15) is 10.8 Å². The molecule has 5 nitrogen and oxygen atoms in total.